The lowest BCUT2D eigenvalue weighted by Crippen LogP contribution is -2.41. The summed E-state index contributed by atoms with van der Waals surface area (Å²) in [5.41, 5.74) is 1.39. The molecule has 2 aromatic heterocycles. The van der Waals surface area contributed by atoms with Gasteiger partial charge in [0.15, 0.2) is 5.82 Å². The van der Waals surface area contributed by atoms with Crippen LogP contribution in [-0.2, 0) is 6.54 Å². The van der Waals surface area contributed by atoms with Gasteiger partial charge in [-0.05, 0) is 25.5 Å². The van der Waals surface area contributed by atoms with E-state index in [9.17, 15) is 9.18 Å². The second kappa shape index (κ2) is 7.26. The van der Waals surface area contributed by atoms with Gasteiger partial charge >= 0.3 is 0 Å². The summed E-state index contributed by atoms with van der Waals surface area (Å²) in [5, 5.41) is 3.87. The van der Waals surface area contributed by atoms with E-state index in [1.165, 1.54) is 0 Å². The van der Waals surface area contributed by atoms with Gasteiger partial charge in [0, 0.05) is 45.0 Å². The fourth-order valence-electron chi connectivity index (χ4n) is 3.11. The number of pyridine rings is 1. The molecule has 0 N–H and O–H groups in total. The molecule has 1 fully saturated rings. The molecule has 1 amide bonds. The number of hydrogen-bond acceptors (Lipinski definition) is 6. The fraction of sp³-hybridized carbons (Fsp3) is 0.529. The molecule has 7 nitrogen and oxygen atoms in total. The van der Waals surface area contributed by atoms with Gasteiger partial charge in [-0.1, -0.05) is 5.16 Å². The predicted octanol–water partition coefficient (Wildman–Crippen LogP) is 1.77. The van der Waals surface area contributed by atoms with E-state index in [-0.39, 0.29) is 11.9 Å². The number of halogens is 1. The molecule has 0 unspecified atom stereocenters. The monoisotopic (exact) mass is 347 g/mol. The van der Waals surface area contributed by atoms with Gasteiger partial charge in [-0.2, -0.15) is 4.98 Å². The Hall–Kier alpha value is -2.35. The van der Waals surface area contributed by atoms with Crippen molar-refractivity contribution in [2.45, 2.75) is 39.0 Å². The molecule has 0 bridgehead atoms. The molecule has 8 heteroatoms. The Balaban J connectivity index is 1.64. The van der Waals surface area contributed by atoms with Gasteiger partial charge in [0.1, 0.15) is 6.17 Å². The highest BCUT2D eigenvalue weighted by Crippen LogP contribution is 2.23. The van der Waals surface area contributed by atoms with E-state index in [0.717, 1.165) is 5.69 Å². The molecule has 2 atom stereocenters. The van der Waals surface area contributed by atoms with E-state index in [1.807, 2.05) is 11.8 Å². The number of alkyl halides is 1. The molecule has 1 aliphatic heterocycles. The minimum absolute atomic E-state index is 0.0823. The van der Waals surface area contributed by atoms with E-state index >= 15 is 0 Å². The van der Waals surface area contributed by atoms with Gasteiger partial charge in [0.05, 0.1) is 12.1 Å². The van der Waals surface area contributed by atoms with E-state index in [4.69, 9.17) is 4.52 Å². The van der Waals surface area contributed by atoms with Crippen LogP contribution in [0.1, 0.15) is 34.2 Å². The summed E-state index contributed by atoms with van der Waals surface area (Å²) in [6.45, 7) is 4.75. The third kappa shape index (κ3) is 4.19. The number of rotatable bonds is 5. The van der Waals surface area contributed by atoms with Crippen LogP contribution in [0.25, 0.3) is 0 Å². The molecular formula is C17H22FN5O2. The minimum Gasteiger partial charge on any atom is -0.340 e. The van der Waals surface area contributed by atoms with E-state index in [2.05, 4.69) is 15.1 Å². The smallest absolute Gasteiger partial charge is 0.255 e. The predicted molar refractivity (Wildman–Crippen MR) is 88.7 cm³/mol. The summed E-state index contributed by atoms with van der Waals surface area (Å²) in [7, 11) is 1.73. The molecule has 0 aliphatic carbocycles. The molecular weight excluding hydrogens is 325 g/mol. The van der Waals surface area contributed by atoms with Crippen molar-refractivity contribution in [3.8, 4) is 0 Å². The molecule has 2 aromatic rings. The highest BCUT2D eigenvalue weighted by molar-refractivity contribution is 5.93. The largest absolute Gasteiger partial charge is 0.340 e. The van der Waals surface area contributed by atoms with Crippen LogP contribution < -0.4 is 0 Å². The van der Waals surface area contributed by atoms with Crippen LogP contribution in [0.5, 0.6) is 0 Å². The number of nitrogens with zero attached hydrogens (tertiary/aromatic N) is 5. The first-order valence-corrected chi connectivity index (χ1v) is 8.28. The zero-order chi connectivity index (χ0) is 18.0. The Labute approximate surface area is 145 Å². The van der Waals surface area contributed by atoms with Crippen LogP contribution in [0.3, 0.4) is 0 Å². The Morgan fingerprint density at radius 2 is 2.24 bits per heavy atom. The van der Waals surface area contributed by atoms with E-state index < -0.39 is 6.17 Å². The molecule has 25 heavy (non-hydrogen) atoms. The van der Waals surface area contributed by atoms with Crippen LogP contribution in [0, 0.1) is 13.8 Å². The number of amides is 1. The van der Waals surface area contributed by atoms with E-state index in [0.29, 0.717) is 43.3 Å². The van der Waals surface area contributed by atoms with Gasteiger partial charge in [0.2, 0.25) is 5.89 Å². The first-order chi connectivity index (χ1) is 11.9. The molecule has 3 heterocycles. The lowest BCUT2D eigenvalue weighted by Gasteiger charge is -2.27. The molecule has 3 rings (SSSR count). The number of aryl methyl sites for hydroxylation is 2. The molecule has 0 saturated carbocycles. The average molecular weight is 347 g/mol. The lowest BCUT2D eigenvalue weighted by molar-refractivity contribution is 0.0748. The highest BCUT2D eigenvalue weighted by atomic mass is 19.1. The summed E-state index contributed by atoms with van der Waals surface area (Å²) in [6, 6.07) is 3.48. The normalized spacial score (nSPS) is 20.8. The van der Waals surface area contributed by atoms with Crippen LogP contribution in [0.15, 0.2) is 22.9 Å². The van der Waals surface area contributed by atoms with Crippen LogP contribution in [-0.4, -0.2) is 63.2 Å². The minimum atomic E-state index is -0.914. The molecule has 0 radical (unpaired) electrons. The van der Waals surface area contributed by atoms with Crippen molar-refractivity contribution in [2.24, 2.45) is 0 Å². The first kappa shape index (κ1) is 17.5. The van der Waals surface area contributed by atoms with Crippen LogP contribution >= 0.6 is 0 Å². The van der Waals surface area contributed by atoms with Crippen LogP contribution in [0.2, 0.25) is 0 Å². The standard InChI is InChI=1S/C17H22FN5O2/c1-11-4-5-13(7-19-11)17(24)22(3)9-15-6-14(18)8-23(15)10-16-20-12(2)25-21-16/h4-5,7,14-15H,6,8-10H2,1-3H3/t14-,15-/m0/s1. The van der Waals surface area contributed by atoms with Gasteiger partial charge in [-0.15, -0.1) is 0 Å². The quantitative estimate of drug-likeness (QED) is 0.820. The third-order valence-corrected chi connectivity index (χ3v) is 4.38. The second-order valence-electron chi connectivity index (χ2n) is 6.52. The summed E-state index contributed by atoms with van der Waals surface area (Å²) < 4.78 is 18.9. The van der Waals surface area contributed by atoms with Crippen molar-refractivity contribution in [3.63, 3.8) is 0 Å². The number of hydrogen-bond donors (Lipinski definition) is 0. The second-order valence-corrected chi connectivity index (χ2v) is 6.52. The Kier molecular flexibility index (Phi) is 5.08. The lowest BCUT2D eigenvalue weighted by atomic mass is 10.1. The fourth-order valence-corrected chi connectivity index (χ4v) is 3.11. The maximum atomic E-state index is 13.9. The van der Waals surface area contributed by atoms with Crippen molar-refractivity contribution in [1.29, 1.82) is 0 Å². The highest BCUT2D eigenvalue weighted by Gasteiger charge is 2.34. The van der Waals surface area contributed by atoms with Crippen LogP contribution in [0.4, 0.5) is 4.39 Å². The van der Waals surface area contributed by atoms with Gasteiger partial charge in [-0.25, -0.2) is 4.39 Å². The SMILES string of the molecule is Cc1ccc(C(=O)N(C)C[C@@H]2C[C@H](F)CN2Cc2noc(C)n2)cn1. The first-order valence-electron chi connectivity index (χ1n) is 8.28. The summed E-state index contributed by atoms with van der Waals surface area (Å²) in [6.07, 6.45) is 1.05. The number of carbonyl (C=O) groups excluding carboxylic acids is 1. The van der Waals surface area contributed by atoms with E-state index in [1.54, 1.807) is 37.2 Å². The third-order valence-electron chi connectivity index (χ3n) is 4.38. The number of likely N-dealkylation sites (tertiary alicyclic amines) is 1. The summed E-state index contributed by atoms with van der Waals surface area (Å²) in [5.74, 6) is 0.903. The van der Waals surface area contributed by atoms with Crippen molar-refractivity contribution in [2.75, 3.05) is 20.1 Å². The molecule has 1 saturated heterocycles. The van der Waals surface area contributed by atoms with Gasteiger partial charge in [-0.3, -0.25) is 14.7 Å². The maximum absolute atomic E-state index is 13.9. The Morgan fingerprint density at radius 1 is 1.44 bits per heavy atom. The molecule has 0 aromatic carbocycles. The number of carbonyl (C=O) groups is 1. The molecule has 0 spiro atoms. The number of likely N-dealkylation sites (N-methyl/N-ethyl adjacent to an activating group) is 1. The van der Waals surface area contributed by atoms with Gasteiger partial charge in [0.25, 0.3) is 5.91 Å². The van der Waals surface area contributed by atoms with Crippen molar-refractivity contribution in [1.82, 2.24) is 24.9 Å². The summed E-state index contributed by atoms with van der Waals surface area (Å²) >= 11 is 0. The van der Waals surface area contributed by atoms with Crippen molar-refractivity contribution in [3.05, 3.63) is 41.3 Å². The zero-order valence-corrected chi connectivity index (χ0v) is 14.6. The molecule has 1 aliphatic rings. The average Bonchev–Trinajstić information content (AvgIpc) is 3.13. The Bertz CT molecular complexity index is 733. The molecule has 134 valence electrons. The number of aromatic nitrogens is 3. The zero-order valence-electron chi connectivity index (χ0n) is 14.6. The maximum Gasteiger partial charge on any atom is 0.255 e. The Morgan fingerprint density at radius 3 is 2.88 bits per heavy atom. The summed E-state index contributed by atoms with van der Waals surface area (Å²) in [4.78, 5) is 24.4. The van der Waals surface area contributed by atoms with Crippen molar-refractivity contribution < 1.29 is 13.7 Å². The van der Waals surface area contributed by atoms with Crippen molar-refractivity contribution >= 4 is 5.91 Å². The topological polar surface area (TPSA) is 75.4 Å². The van der Waals surface area contributed by atoms with Gasteiger partial charge < -0.3 is 9.42 Å².